The van der Waals surface area contributed by atoms with Crippen LogP contribution >= 0.6 is 0 Å². The highest BCUT2D eigenvalue weighted by Crippen LogP contribution is 2.29. The number of H-pyrrole nitrogens is 1. The van der Waals surface area contributed by atoms with Crippen LogP contribution < -0.4 is 0 Å². The van der Waals surface area contributed by atoms with Gasteiger partial charge in [0.05, 0.1) is 5.69 Å². The minimum atomic E-state index is -2.01. The Balaban J connectivity index is 2.16. The molecule has 1 aliphatic rings. The van der Waals surface area contributed by atoms with Crippen LogP contribution in [0.25, 0.3) is 0 Å². The van der Waals surface area contributed by atoms with Gasteiger partial charge in [-0.25, -0.2) is 9.19 Å². The average Bonchev–Trinajstić information content (AvgIpc) is 2.74. The van der Waals surface area contributed by atoms with Gasteiger partial charge in [0.25, 0.3) is 0 Å². The zero-order valence-electron chi connectivity index (χ0n) is 11.1. The third-order valence-electron chi connectivity index (χ3n) is 3.72. The van der Waals surface area contributed by atoms with Crippen molar-refractivity contribution in [1.29, 1.82) is 0 Å². The first-order valence-corrected chi connectivity index (χ1v) is 7.88. The molecular formula is C13H22N2O2S. The number of aromatic amines is 1. The molecule has 4 nitrogen and oxygen atoms in total. The molecule has 1 aromatic rings. The van der Waals surface area contributed by atoms with Crippen molar-refractivity contribution in [3.63, 3.8) is 0 Å². The highest BCUT2D eigenvalue weighted by atomic mass is 32.2. The molecule has 0 saturated heterocycles. The molecule has 2 N–H and O–H groups in total. The molecule has 2 rings (SSSR count). The van der Waals surface area contributed by atoms with Gasteiger partial charge < -0.3 is 4.98 Å². The molecule has 5 heteroatoms. The summed E-state index contributed by atoms with van der Waals surface area (Å²) in [5, 5.41) is 0.199. The lowest BCUT2D eigenvalue weighted by atomic mass is 9.85. The van der Waals surface area contributed by atoms with E-state index in [1.54, 1.807) is 0 Å². The van der Waals surface area contributed by atoms with Crippen LogP contribution in [0.2, 0.25) is 0 Å². The normalized spacial score (nSPS) is 19.3. The quantitative estimate of drug-likeness (QED) is 0.825. The molecule has 102 valence electrons. The summed E-state index contributed by atoms with van der Waals surface area (Å²) in [5.74, 6) is 0.994. The fraction of sp³-hybridized carbons (Fsp3) is 0.769. The zero-order valence-corrected chi connectivity index (χ0v) is 11.9. The Morgan fingerprint density at radius 3 is 2.61 bits per heavy atom. The fourth-order valence-electron chi connectivity index (χ4n) is 2.79. The van der Waals surface area contributed by atoms with E-state index in [1.807, 2.05) is 0 Å². The molecule has 1 aliphatic carbocycles. The summed E-state index contributed by atoms with van der Waals surface area (Å²) in [5.41, 5.74) is 2.02. The van der Waals surface area contributed by atoms with E-state index in [2.05, 4.69) is 23.8 Å². The van der Waals surface area contributed by atoms with Crippen molar-refractivity contribution in [1.82, 2.24) is 9.97 Å². The molecule has 0 aliphatic heterocycles. The van der Waals surface area contributed by atoms with E-state index >= 15 is 0 Å². The van der Waals surface area contributed by atoms with E-state index < -0.39 is 11.1 Å². The summed E-state index contributed by atoms with van der Waals surface area (Å²) in [6, 6.07) is 0. The summed E-state index contributed by atoms with van der Waals surface area (Å²) in [6.07, 6.45) is 7.49. The van der Waals surface area contributed by atoms with Gasteiger partial charge in [0.2, 0.25) is 16.2 Å². The lowest BCUT2D eigenvalue weighted by molar-refractivity contribution is 0.353. The van der Waals surface area contributed by atoms with Gasteiger partial charge in [0, 0.05) is 5.69 Å². The second-order valence-electron chi connectivity index (χ2n) is 5.52. The van der Waals surface area contributed by atoms with Crippen LogP contribution in [0.3, 0.4) is 0 Å². The maximum Gasteiger partial charge on any atom is 0.225 e. The molecule has 0 radical (unpaired) electrons. The number of nitrogens with zero attached hydrogens (tertiary/aromatic N) is 1. The second-order valence-corrected chi connectivity index (χ2v) is 6.40. The van der Waals surface area contributed by atoms with Gasteiger partial charge in [-0.1, -0.05) is 46.0 Å². The lowest BCUT2D eigenvalue weighted by Crippen LogP contribution is -2.11. The maximum atomic E-state index is 11.1. The summed E-state index contributed by atoms with van der Waals surface area (Å²) < 4.78 is 20.2. The van der Waals surface area contributed by atoms with E-state index in [0.717, 1.165) is 17.8 Å². The molecule has 1 atom stereocenters. The first-order valence-electron chi connectivity index (χ1n) is 6.77. The van der Waals surface area contributed by atoms with Crippen molar-refractivity contribution < 1.29 is 8.76 Å². The largest absolute Gasteiger partial charge is 0.333 e. The maximum absolute atomic E-state index is 11.1. The SMILES string of the molecule is CC(C)c1nc(S(=O)O)[nH]c1CC1CCCCC1. The Hall–Kier alpha value is -0.680. The zero-order chi connectivity index (χ0) is 13.1. The van der Waals surface area contributed by atoms with E-state index in [9.17, 15) is 4.21 Å². The van der Waals surface area contributed by atoms with Crippen molar-refractivity contribution in [2.24, 2.45) is 5.92 Å². The van der Waals surface area contributed by atoms with Gasteiger partial charge in [0.1, 0.15) is 0 Å². The van der Waals surface area contributed by atoms with Gasteiger partial charge >= 0.3 is 0 Å². The predicted octanol–water partition coefficient (Wildman–Crippen LogP) is 3.24. The standard InChI is InChI=1S/C13H22N2O2S/c1-9(2)12-11(14-13(15-12)18(16)17)8-10-6-4-3-5-7-10/h9-10H,3-8H2,1-2H3,(H,14,15)(H,16,17). The van der Waals surface area contributed by atoms with Crippen LogP contribution in [0.5, 0.6) is 0 Å². The fourth-order valence-corrected chi connectivity index (χ4v) is 3.18. The third-order valence-corrected chi connectivity index (χ3v) is 4.24. The van der Waals surface area contributed by atoms with Gasteiger partial charge in [-0.05, 0) is 18.3 Å². The monoisotopic (exact) mass is 270 g/mol. The molecule has 0 amide bonds. The Bertz CT molecular complexity index is 423. The Labute approximate surface area is 111 Å². The van der Waals surface area contributed by atoms with Crippen LogP contribution in [-0.4, -0.2) is 18.7 Å². The minimum absolute atomic E-state index is 0.199. The predicted molar refractivity (Wildman–Crippen MR) is 72.0 cm³/mol. The highest BCUT2D eigenvalue weighted by Gasteiger charge is 2.20. The Kier molecular flexibility index (Phi) is 4.56. The number of hydrogen-bond acceptors (Lipinski definition) is 2. The molecule has 1 fully saturated rings. The molecule has 1 heterocycles. The van der Waals surface area contributed by atoms with Crippen molar-refractivity contribution in [2.75, 3.05) is 0 Å². The molecule has 1 unspecified atom stereocenters. The van der Waals surface area contributed by atoms with Crippen LogP contribution in [0.1, 0.15) is 63.3 Å². The summed E-state index contributed by atoms with van der Waals surface area (Å²) in [7, 11) is 0. The van der Waals surface area contributed by atoms with E-state index in [0.29, 0.717) is 5.92 Å². The second kappa shape index (κ2) is 5.97. The van der Waals surface area contributed by atoms with Crippen LogP contribution in [0.4, 0.5) is 0 Å². The smallest absolute Gasteiger partial charge is 0.225 e. The van der Waals surface area contributed by atoms with Crippen molar-refractivity contribution in [3.05, 3.63) is 11.4 Å². The Morgan fingerprint density at radius 2 is 2.06 bits per heavy atom. The highest BCUT2D eigenvalue weighted by molar-refractivity contribution is 7.79. The topological polar surface area (TPSA) is 66.0 Å². The number of aromatic nitrogens is 2. The Morgan fingerprint density at radius 1 is 1.39 bits per heavy atom. The van der Waals surface area contributed by atoms with Crippen molar-refractivity contribution in [3.8, 4) is 0 Å². The summed E-state index contributed by atoms with van der Waals surface area (Å²) >= 11 is -2.01. The number of nitrogens with one attached hydrogen (secondary N) is 1. The van der Waals surface area contributed by atoms with Gasteiger partial charge in [0.15, 0.2) is 0 Å². The van der Waals surface area contributed by atoms with E-state index in [1.165, 1.54) is 32.1 Å². The molecular weight excluding hydrogens is 248 g/mol. The first kappa shape index (κ1) is 13.7. The van der Waals surface area contributed by atoms with E-state index in [4.69, 9.17) is 4.55 Å². The molecule has 1 saturated carbocycles. The van der Waals surface area contributed by atoms with Gasteiger partial charge in [-0.15, -0.1) is 0 Å². The van der Waals surface area contributed by atoms with Crippen LogP contribution in [0, 0.1) is 5.92 Å². The van der Waals surface area contributed by atoms with Gasteiger partial charge in [-0.2, -0.15) is 0 Å². The molecule has 0 aromatic carbocycles. The molecule has 0 bridgehead atoms. The average molecular weight is 270 g/mol. The molecule has 0 spiro atoms. The lowest BCUT2D eigenvalue weighted by Gasteiger charge is -2.21. The van der Waals surface area contributed by atoms with Gasteiger partial charge in [-0.3, -0.25) is 4.55 Å². The minimum Gasteiger partial charge on any atom is -0.333 e. The van der Waals surface area contributed by atoms with E-state index in [-0.39, 0.29) is 11.1 Å². The van der Waals surface area contributed by atoms with Crippen molar-refractivity contribution in [2.45, 2.75) is 63.4 Å². The number of hydrogen-bond donors (Lipinski definition) is 2. The third kappa shape index (κ3) is 3.20. The molecule has 18 heavy (non-hydrogen) atoms. The number of imidazole rings is 1. The number of rotatable bonds is 4. The molecule has 1 aromatic heterocycles. The van der Waals surface area contributed by atoms with Crippen molar-refractivity contribution >= 4 is 11.1 Å². The van der Waals surface area contributed by atoms with Crippen LogP contribution in [-0.2, 0) is 17.5 Å². The van der Waals surface area contributed by atoms with Crippen LogP contribution in [0.15, 0.2) is 5.16 Å². The first-order chi connectivity index (χ1) is 8.58. The summed E-state index contributed by atoms with van der Waals surface area (Å²) in [4.78, 5) is 7.32. The summed E-state index contributed by atoms with van der Waals surface area (Å²) in [6.45, 7) is 4.15.